The summed E-state index contributed by atoms with van der Waals surface area (Å²) in [6, 6.07) is 24.3. The summed E-state index contributed by atoms with van der Waals surface area (Å²) in [5.41, 5.74) is 0.759. The quantitative estimate of drug-likeness (QED) is 0.281. The third-order valence-corrected chi connectivity index (χ3v) is 6.83. The molecule has 37 heavy (non-hydrogen) atoms. The van der Waals surface area contributed by atoms with Crippen molar-refractivity contribution in [2.75, 3.05) is 23.1 Å². The second kappa shape index (κ2) is 10.6. The lowest BCUT2D eigenvalue weighted by atomic mass is 9.92. The van der Waals surface area contributed by atoms with E-state index in [4.69, 9.17) is 4.74 Å². The van der Waals surface area contributed by atoms with Crippen LogP contribution >= 0.6 is 11.8 Å². The van der Waals surface area contributed by atoms with Crippen molar-refractivity contribution in [2.45, 2.75) is 22.1 Å². The maximum atomic E-state index is 13.4. The fraction of sp³-hybridized carbons (Fsp3) is 0.111. The summed E-state index contributed by atoms with van der Waals surface area (Å²) in [7, 11) is 1.53. The molecule has 1 aliphatic rings. The minimum absolute atomic E-state index is 0.0458. The van der Waals surface area contributed by atoms with Crippen LogP contribution in [0, 0.1) is 0 Å². The fourth-order valence-corrected chi connectivity index (χ4v) is 4.95. The van der Waals surface area contributed by atoms with Gasteiger partial charge in [-0.1, -0.05) is 54.2 Å². The summed E-state index contributed by atoms with van der Waals surface area (Å²) in [6.07, 6.45) is -0.170. The van der Waals surface area contributed by atoms with Crippen LogP contribution in [0.4, 0.5) is 23.1 Å². The Morgan fingerprint density at radius 1 is 0.973 bits per heavy atom. The zero-order valence-electron chi connectivity index (χ0n) is 19.8. The first-order chi connectivity index (χ1) is 18.0. The van der Waals surface area contributed by atoms with Gasteiger partial charge in [0.1, 0.15) is 11.6 Å². The lowest BCUT2D eigenvalue weighted by Gasteiger charge is -2.24. The van der Waals surface area contributed by atoms with Gasteiger partial charge in [-0.3, -0.25) is 19.4 Å². The van der Waals surface area contributed by atoms with Crippen molar-refractivity contribution < 1.29 is 14.3 Å². The molecule has 3 aromatic carbocycles. The lowest BCUT2D eigenvalue weighted by Crippen LogP contribution is -2.36. The molecule has 0 saturated heterocycles. The molecule has 2 amide bonds. The van der Waals surface area contributed by atoms with E-state index in [1.165, 1.54) is 18.9 Å². The topological polar surface area (TPSA) is 125 Å². The molecule has 0 unspecified atom stereocenters. The molecule has 5 rings (SSSR count). The molecule has 0 radical (unpaired) electrons. The largest absolute Gasteiger partial charge is 0.495 e. The van der Waals surface area contributed by atoms with Gasteiger partial charge >= 0.3 is 0 Å². The Morgan fingerprint density at radius 3 is 2.46 bits per heavy atom. The van der Waals surface area contributed by atoms with Gasteiger partial charge in [0.05, 0.1) is 30.0 Å². The molecular weight excluding hydrogens is 490 g/mol. The highest BCUT2D eigenvalue weighted by Gasteiger charge is 2.35. The molecule has 0 saturated carbocycles. The Bertz CT molecular complexity index is 1520. The molecule has 4 N–H and O–H groups in total. The van der Waals surface area contributed by atoms with Gasteiger partial charge in [0.2, 0.25) is 17.8 Å². The number of methoxy groups -OCH3 is 1. The van der Waals surface area contributed by atoms with E-state index < -0.39 is 23.3 Å². The molecule has 2 heterocycles. The van der Waals surface area contributed by atoms with Crippen molar-refractivity contribution in [3.8, 4) is 5.75 Å². The van der Waals surface area contributed by atoms with Gasteiger partial charge in [0.15, 0.2) is 0 Å². The number of rotatable bonds is 7. The number of hydrogen-bond acceptors (Lipinski definition) is 7. The average molecular weight is 514 g/mol. The van der Waals surface area contributed by atoms with Gasteiger partial charge in [0.25, 0.3) is 5.56 Å². The fourth-order valence-electron chi connectivity index (χ4n) is 4.02. The predicted molar refractivity (Wildman–Crippen MR) is 143 cm³/mol. The molecule has 186 valence electrons. The molecule has 0 spiro atoms. The highest BCUT2D eigenvalue weighted by Crippen LogP contribution is 2.35. The summed E-state index contributed by atoms with van der Waals surface area (Å²) in [6.45, 7) is 0. The van der Waals surface area contributed by atoms with E-state index in [1.54, 1.807) is 24.3 Å². The van der Waals surface area contributed by atoms with Crippen molar-refractivity contribution in [1.82, 2.24) is 9.97 Å². The summed E-state index contributed by atoms with van der Waals surface area (Å²) < 4.78 is 5.32. The van der Waals surface area contributed by atoms with Crippen LogP contribution in [0.1, 0.15) is 17.9 Å². The molecule has 1 aromatic heterocycles. The van der Waals surface area contributed by atoms with Gasteiger partial charge in [0, 0.05) is 16.2 Å². The number of fused-ring (bicyclic) bond motifs is 1. The number of amides is 2. The van der Waals surface area contributed by atoms with Crippen LogP contribution < -0.4 is 26.2 Å². The number of aromatic amines is 1. The second-order valence-corrected chi connectivity index (χ2v) is 9.32. The van der Waals surface area contributed by atoms with Gasteiger partial charge in [-0.15, -0.1) is 0 Å². The van der Waals surface area contributed by atoms with Gasteiger partial charge < -0.3 is 20.7 Å². The first-order valence-corrected chi connectivity index (χ1v) is 12.3. The van der Waals surface area contributed by atoms with E-state index in [2.05, 4.69) is 25.9 Å². The minimum atomic E-state index is -1.00. The van der Waals surface area contributed by atoms with Gasteiger partial charge in [-0.2, -0.15) is 4.98 Å². The van der Waals surface area contributed by atoms with Crippen LogP contribution in [0.2, 0.25) is 0 Å². The maximum Gasteiger partial charge on any atom is 0.258 e. The highest BCUT2D eigenvalue weighted by molar-refractivity contribution is 7.99. The number of nitrogens with one attached hydrogen (secondary N) is 4. The summed E-state index contributed by atoms with van der Waals surface area (Å²) in [5, 5.41) is 8.53. The molecule has 9 nitrogen and oxygen atoms in total. The normalized spacial score (nSPS) is 14.3. The third kappa shape index (κ3) is 5.34. The molecule has 10 heteroatoms. The Labute approximate surface area is 216 Å². The highest BCUT2D eigenvalue weighted by atomic mass is 32.2. The average Bonchev–Trinajstić information content (AvgIpc) is 2.90. The lowest BCUT2D eigenvalue weighted by molar-refractivity contribution is -0.123. The van der Waals surface area contributed by atoms with Crippen molar-refractivity contribution in [3.63, 3.8) is 0 Å². The number of ether oxygens (including phenoxy) is 1. The number of H-pyrrole nitrogens is 1. The second-order valence-electron chi connectivity index (χ2n) is 8.21. The molecule has 0 bridgehead atoms. The summed E-state index contributed by atoms with van der Waals surface area (Å²) in [5.74, 6) is -1.16. The summed E-state index contributed by atoms with van der Waals surface area (Å²) >= 11 is 1.51. The number of carbonyl (C=O) groups excluding carboxylic acids is 2. The zero-order valence-corrected chi connectivity index (χ0v) is 20.6. The van der Waals surface area contributed by atoms with Crippen LogP contribution in [0.15, 0.2) is 93.4 Å². The monoisotopic (exact) mass is 513 g/mol. The molecule has 1 aliphatic heterocycles. The van der Waals surface area contributed by atoms with Crippen molar-refractivity contribution >= 4 is 46.7 Å². The van der Waals surface area contributed by atoms with E-state index in [0.29, 0.717) is 17.1 Å². The smallest absolute Gasteiger partial charge is 0.258 e. The van der Waals surface area contributed by atoms with Crippen molar-refractivity contribution in [3.05, 3.63) is 94.8 Å². The molecular formula is C27H23N5O4S. The summed E-state index contributed by atoms with van der Waals surface area (Å²) in [4.78, 5) is 47.9. The minimum Gasteiger partial charge on any atom is -0.495 e. The van der Waals surface area contributed by atoms with Crippen LogP contribution in [0.5, 0.6) is 5.75 Å². The van der Waals surface area contributed by atoms with Crippen LogP contribution in [-0.2, 0) is 9.59 Å². The number of carbonyl (C=O) groups is 2. The molecule has 1 atom stereocenters. The van der Waals surface area contributed by atoms with Crippen LogP contribution in [0.3, 0.4) is 0 Å². The Balaban J connectivity index is 1.42. The number of nitrogens with zero attached hydrogens (tertiary/aromatic N) is 1. The van der Waals surface area contributed by atoms with Gasteiger partial charge in [-0.25, -0.2) is 0 Å². The van der Waals surface area contributed by atoms with Crippen LogP contribution in [0.25, 0.3) is 0 Å². The standard InChI is InChI=1S/C27H23N5O4S/c1-36-20-13-7-5-11-18(20)29-27-31-24-23(26(35)32-27)17(15-22(33)30-24)25(34)28-19-12-6-8-14-21(19)37-16-9-3-2-4-10-16/h2-14,17H,15H2,1H3,(H,28,34)(H3,29,30,31,32,33,35)/t17-/m0/s1. The first kappa shape index (κ1) is 24.1. The van der Waals surface area contributed by atoms with E-state index in [-0.39, 0.29) is 23.8 Å². The van der Waals surface area contributed by atoms with E-state index in [0.717, 1.165) is 9.79 Å². The molecule has 4 aromatic rings. The van der Waals surface area contributed by atoms with Crippen LogP contribution in [-0.4, -0.2) is 28.9 Å². The third-order valence-electron chi connectivity index (χ3n) is 5.74. The van der Waals surface area contributed by atoms with Crippen molar-refractivity contribution in [2.24, 2.45) is 0 Å². The SMILES string of the molecule is COc1ccccc1Nc1nc2c(c(=O)[nH]1)[C@@H](C(=O)Nc1ccccc1Sc1ccccc1)CC(=O)N2. The Hall–Kier alpha value is -4.57. The van der Waals surface area contributed by atoms with E-state index in [1.807, 2.05) is 54.6 Å². The van der Waals surface area contributed by atoms with E-state index in [9.17, 15) is 14.4 Å². The molecule has 0 aliphatic carbocycles. The van der Waals surface area contributed by atoms with Crippen molar-refractivity contribution in [1.29, 1.82) is 0 Å². The maximum absolute atomic E-state index is 13.4. The van der Waals surface area contributed by atoms with Gasteiger partial charge in [-0.05, 0) is 36.4 Å². The first-order valence-electron chi connectivity index (χ1n) is 11.5. The number of hydrogen-bond donors (Lipinski definition) is 4. The Kier molecular flexibility index (Phi) is 6.91. The predicted octanol–water partition coefficient (Wildman–Crippen LogP) is 4.74. The number of benzene rings is 3. The zero-order chi connectivity index (χ0) is 25.8. The molecule has 0 fully saturated rings. The number of para-hydroxylation sites is 3. The Morgan fingerprint density at radius 2 is 1.68 bits per heavy atom. The number of anilines is 4. The van der Waals surface area contributed by atoms with E-state index >= 15 is 0 Å². The number of aromatic nitrogens is 2.